The summed E-state index contributed by atoms with van der Waals surface area (Å²) in [4.78, 5) is 13.8. The van der Waals surface area contributed by atoms with E-state index in [9.17, 15) is 20.1 Å². The highest BCUT2D eigenvalue weighted by atomic mass is 16.5. The molecule has 6 rings (SSSR count). The molecule has 0 aromatic rings. The second-order valence-electron chi connectivity index (χ2n) is 16.2. The van der Waals surface area contributed by atoms with Crippen LogP contribution < -0.4 is 0 Å². The van der Waals surface area contributed by atoms with E-state index in [2.05, 4.69) is 20.8 Å². The number of carbonyl (C=O) groups is 1. The predicted molar refractivity (Wildman–Crippen MR) is 164 cm³/mol. The normalized spacial score (nSPS) is 47.0. The Morgan fingerprint density at radius 2 is 1.81 bits per heavy atom. The Morgan fingerprint density at radius 1 is 1.07 bits per heavy atom. The minimum absolute atomic E-state index is 0.0895. The van der Waals surface area contributed by atoms with Crippen LogP contribution >= 0.6 is 0 Å². The predicted octanol–water partition coefficient (Wildman–Crippen LogP) is 5.23. The van der Waals surface area contributed by atoms with Gasteiger partial charge in [0.05, 0.1) is 30.0 Å². The van der Waals surface area contributed by atoms with E-state index in [0.717, 1.165) is 44.1 Å². The van der Waals surface area contributed by atoms with Crippen molar-refractivity contribution in [2.24, 2.45) is 46.3 Å². The van der Waals surface area contributed by atoms with Gasteiger partial charge in [0.1, 0.15) is 6.10 Å². The van der Waals surface area contributed by atoms with E-state index < -0.39 is 28.8 Å². The number of hydrogen-bond acceptors (Lipinski definition) is 7. The summed E-state index contributed by atoms with van der Waals surface area (Å²) in [6.45, 7) is 10.3. The lowest BCUT2D eigenvalue weighted by molar-refractivity contribution is -0.193. The average Bonchev–Trinajstić information content (AvgIpc) is 3.69. The standard InChI is InChI=1S/C36H58O7/c1-22-25(23-9-6-7-10-23)21-43-31(22)32(38)35(4,39)30-13-16-36(40)27-20-29(37)28-19-24(42-18-8-17-41-5)11-14-33(28,2)26(27)12-15-34(30,36)3/h20,22-26,28,30-32,38-40H,6-19,21H2,1-5H3. The maximum Gasteiger partial charge on any atom is 0.159 e. The SMILES string of the molecule is COCCCOC1CCC2(C)C(C1)C(=O)C=C1C2CCC2(C)C(C(C)(O)C(O)C3OCC(C4CCCC4)C3C)CCC12O. The topological polar surface area (TPSA) is 105 Å². The number of ether oxygens (including phenoxy) is 3. The summed E-state index contributed by atoms with van der Waals surface area (Å²) in [5.41, 5.74) is -2.54. The Labute approximate surface area is 259 Å². The number of aliphatic hydroxyl groups excluding tert-OH is 1. The maximum atomic E-state index is 13.8. The van der Waals surface area contributed by atoms with E-state index >= 15 is 0 Å². The van der Waals surface area contributed by atoms with Crippen molar-refractivity contribution < 1.29 is 34.3 Å². The molecule has 4 saturated carbocycles. The van der Waals surface area contributed by atoms with Crippen LogP contribution in [0.1, 0.15) is 105 Å². The molecule has 7 heteroatoms. The first kappa shape index (κ1) is 32.1. The van der Waals surface area contributed by atoms with Crippen molar-refractivity contribution in [2.75, 3.05) is 26.9 Å². The van der Waals surface area contributed by atoms with Gasteiger partial charge in [0.2, 0.25) is 0 Å². The highest BCUT2D eigenvalue weighted by Crippen LogP contribution is 2.69. The number of aliphatic hydroxyl groups is 3. The van der Waals surface area contributed by atoms with Gasteiger partial charge in [-0.1, -0.05) is 46.5 Å². The fourth-order valence-corrected chi connectivity index (χ4v) is 11.5. The van der Waals surface area contributed by atoms with Crippen molar-refractivity contribution in [3.05, 3.63) is 11.6 Å². The lowest BCUT2D eigenvalue weighted by Gasteiger charge is -2.60. The Kier molecular flexibility index (Phi) is 8.78. The lowest BCUT2D eigenvalue weighted by atomic mass is 9.46. The second-order valence-corrected chi connectivity index (χ2v) is 16.2. The minimum atomic E-state index is -1.42. The third-order valence-corrected chi connectivity index (χ3v) is 14.2. The van der Waals surface area contributed by atoms with Crippen molar-refractivity contribution in [3.8, 4) is 0 Å². The van der Waals surface area contributed by atoms with Crippen molar-refractivity contribution in [1.82, 2.24) is 0 Å². The number of allylic oxidation sites excluding steroid dienone is 1. The minimum Gasteiger partial charge on any atom is -0.387 e. The summed E-state index contributed by atoms with van der Waals surface area (Å²) in [6.07, 6.45) is 11.7. The van der Waals surface area contributed by atoms with Crippen molar-refractivity contribution in [3.63, 3.8) is 0 Å². The first-order valence-corrected chi connectivity index (χ1v) is 17.5. The molecule has 43 heavy (non-hydrogen) atoms. The molecule has 0 aromatic carbocycles. The lowest BCUT2D eigenvalue weighted by Crippen LogP contribution is -2.63. The Morgan fingerprint density at radius 3 is 2.53 bits per heavy atom. The molecular formula is C36H58O7. The Hall–Kier alpha value is -0.830. The molecule has 12 unspecified atom stereocenters. The van der Waals surface area contributed by atoms with Crippen LogP contribution in [0.2, 0.25) is 0 Å². The quantitative estimate of drug-likeness (QED) is 0.310. The van der Waals surface area contributed by atoms with Crippen molar-refractivity contribution >= 4 is 5.78 Å². The third kappa shape index (κ3) is 5.02. The van der Waals surface area contributed by atoms with Crippen LogP contribution in [0.4, 0.5) is 0 Å². The molecule has 1 saturated heterocycles. The van der Waals surface area contributed by atoms with Crippen LogP contribution in [0, 0.1) is 46.3 Å². The molecule has 0 bridgehead atoms. The smallest absolute Gasteiger partial charge is 0.159 e. The van der Waals surface area contributed by atoms with Gasteiger partial charge in [0.15, 0.2) is 5.78 Å². The number of rotatable bonds is 9. The molecule has 5 aliphatic carbocycles. The Balaban J connectivity index is 1.20. The molecule has 12 atom stereocenters. The molecule has 0 spiro atoms. The highest BCUT2D eigenvalue weighted by Gasteiger charge is 2.69. The van der Waals surface area contributed by atoms with Crippen LogP contribution in [0.3, 0.4) is 0 Å². The zero-order valence-electron chi connectivity index (χ0n) is 27.4. The molecule has 6 aliphatic rings. The highest BCUT2D eigenvalue weighted by molar-refractivity contribution is 5.95. The zero-order chi connectivity index (χ0) is 30.8. The van der Waals surface area contributed by atoms with Crippen LogP contribution in [0.5, 0.6) is 0 Å². The maximum absolute atomic E-state index is 13.8. The van der Waals surface area contributed by atoms with E-state index in [4.69, 9.17) is 14.2 Å². The van der Waals surface area contributed by atoms with E-state index in [1.165, 1.54) is 25.7 Å². The second kappa shape index (κ2) is 11.8. The Bertz CT molecular complexity index is 1070. The van der Waals surface area contributed by atoms with Crippen molar-refractivity contribution in [2.45, 2.75) is 134 Å². The van der Waals surface area contributed by atoms with Crippen LogP contribution in [0.25, 0.3) is 0 Å². The first-order chi connectivity index (χ1) is 20.4. The fraction of sp³-hybridized carbons (Fsp3) is 0.917. The number of methoxy groups -OCH3 is 1. The van der Waals surface area contributed by atoms with E-state index in [0.29, 0.717) is 44.5 Å². The van der Waals surface area contributed by atoms with Gasteiger partial charge in [0, 0.05) is 31.7 Å². The summed E-state index contributed by atoms with van der Waals surface area (Å²) in [6, 6.07) is 0. The van der Waals surface area contributed by atoms with E-state index in [1.54, 1.807) is 20.1 Å². The van der Waals surface area contributed by atoms with Gasteiger partial charge in [-0.3, -0.25) is 4.79 Å². The van der Waals surface area contributed by atoms with Gasteiger partial charge in [-0.05, 0) is 105 Å². The largest absolute Gasteiger partial charge is 0.387 e. The summed E-state index contributed by atoms with van der Waals surface area (Å²) in [7, 11) is 1.70. The average molecular weight is 603 g/mol. The molecule has 7 nitrogen and oxygen atoms in total. The summed E-state index contributed by atoms with van der Waals surface area (Å²) < 4.78 is 17.6. The fourth-order valence-electron chi connectivity index (χ4n) is 11.5. The number of hydrogen-bond donors (Lipinski definition) is 3. The molecule has 0 radical (unpaired) electrons. The number of fused-ring (bicyclic) bond motifs is 5. The molecule has 0 aromatic heterocycles. The van der Waals surface area contributed by atoms with Gasteiger partial charge in [0.25, 0.3) is 0 Å². The van der Waals surface area contributed by atoms with Crippen LogP contribution in [-0.4, -0.2) is 77.5 Å². The van der Waals surface area contributed by atoms with Gasteiger partial charge < -0.3 is 29.5 Å². The van der Waals surface area contributed by atoms with Crippen LogP contribution in [-0.2, 0) is 19.0 Å². The molecular weight excluding hydrogens is 544 g/mol. The van der Waals surface area contributed by atoms with Gasteiger partial charge in [-0.2, -0.15) is 0 Å². The molecule has 3 N–H and O–H groups in total. The van der Waals surface area contributed by atoms with Crippen LogP contribution in [0.15, 0.2) is 11.6 Å². The van der Waals surface area contributed by atoms with Gasteiger partial charge in [-0.15, -0.1) is 0 Å². The first-order valence-electron chi connectivity index (χ1n) is 17.5. The summed E-state index contributed by atoms with van der Waals surface area (Å²) >= 11 is 0. The van der Waals surface area contributed by atoms with Crippen molar-refractivity contribution in [1.29, 1.82) is 0 Å². The number of ketones is 1. The molecule has 1 heterocycles. The molecule has 5 fully saturated rings. The third-order valence-electron chi connectivity index (χ3n) is 14.2. The summed E-state index contributed by atoms with van der Waals surface area (Å²) in [5, 5.41) is 36.6. The van der Waals surface area contributed by atoms with Gasteiger partial charge >= 0.3 is 0 Å². The molecule has 244 valence electrons. The van der Waals surface area contributed by atoms with Gasteiger partial charge in [-0.25, -0.2) is 0 Å². The zero-order valence-corrected chi connectivity index (χ0v) is 27.4. The van der Waals surface area contributed by atoms with E-state index in [-0.39, 0.29) is 41.0 Å². The monoisotopic (exact) mass is 602 g/mol. The molecule has 0 amide bonds. The molecule has 1 aliphatic heterocycles. The summed E-state index contributed by atoms with van der Waals surface area (Å²) in [5.74, 6) is 1.14. The number of carbonyl (C=O) groups excluding carboxylic acids is 1. The van der Waals surface area contributed by atoms with E-state index in [1.807, 2.05) is 0 Å².